The van der Waals surface area contributed by atoms with Crippen LogP contribution in [0.1, 0.15) is 40.5 Å². The van der Waals surface area contributed by atoms with E-state index in [1.165, 1.54) is 6.07 Å². The Bertz CT molecular complexity index is 968. The van der Waals surface area contributed by atoms with Gasteiger partial charge in [0, 0.05) is 36.0 Å². The van der Waals surface area contributed by atoms with Crippen LogP contribution in [0, 0.1) is 12.7 Å². The Morgan fingerprint density at radius 1 is 1.22 bits per heavy atom. The van der Waals surface area contributed by atoms with Gasteiger partial charge in [-0.1, -0.05) is 18.2 Å². The zero-order valence-electron chi connectivity index (χ0n) is 15.2. The summed E-state index contributed by atoms with van der Waals surface area (Å²) in [6, 6.07) is 12.4. The van der Waals surface area contributed by atoms with E-state index < -0.39 is 0 Å². The third-order valence-electron chi connectivity index (χ3n) is 5.11. The van der Waals surface area contributed by atoms with E-state index in [0.29, 0.717) is 23.4 Å². The first kappa shape index (κ1) is 17.4. The lowest BCUT2D eigenvalue weighted by molar-refractivity contribution is 0.0705. The first-order valence-corrected chi connectivity index (χ1v) is 9.14. The number of aromatic nitrogens is 3. The number of nitrogens with one attached hydrogen (secondary N) is 1. The van der Waals surface area contributed by atoms with Crippen molar-refractivity contribution in [2.75, 3.05) is 13.1 Å². The molecule has 1 aliphatic rings. The maximum Gasteiger partial charge on any atom is 0.257 e. The molecule has 1 atom stereocenters. The van der Waals surface area contributed by atoms with Gasteiger partial charge in [-0.05, 0) is 44.0 Å². The van der Waals surface area contributed by atoms with Crippen LogP contribution in [-0.2, 0) is 0 Å². The number of aryl methyl sites for hydroxylation is 1. The fourth-order valence-electron chi connectivity index (χ4n) is 3.64. The normalized spacial score (nSPS) is 17.1. The Hall–Kier alpha value is -3.02. The van der Waals surface area contributed by atoms with Crippen LogP contribution in [0.25, 0.3) is 11.3 Å². The van der Waals surface area contributed by atoms with E-state index in [1.807, 2.05) is 30.0 Å². The molecule has 1 N–H and O–H groups in total. The first-order valence-electron chi connectivity index (χ1n) is 9.14. The third-order valence-corrected chi connectivity index (χ3v) is 5.11. The summed E-state index contributed by atoms with van der Waals surface area (Å²) < 4.78 is 14.1. The van der Waals surface area contributed by atoms with Crippen LogP contribution >= 0.6 is 0 Å². The number of halogens is 1. The minimum absolute atomic E-state index is 0.00351. The number of aromatic amines is 1. The van der Waals surface area contributed by atoms with Crippen LogP contribution in [0.5, 0.6) is 0 Å². The number of H-pyrrole nitrogens is 1. The van der Waals surface area contributed by atoms with Gasteiger partial charge in [0.2, 0.25) is 0 Å². The first-order chi connectivity index (χ1) is 13.1. The van der Waals surface area contributed by atoms with Crippen molar-refractivity contribution in [3.8, 4) is 11.3 Å². The molecule has 3 heterocycles. The van der Waals surface area contributed by atoms with Crippen LogP contribution < -0.4 is 0 Å². The summed E-state index contributed by atoms with van der Waals surface area (Å²) in [7, 11) is 0. The summed E-state index contributed by atoms with van der Waals surface area (Å²) in [6.07, 6.45) is 3.46. The lowest BCUT2D eigenvalue weighted by Gasteiger charge is -2.32. The zero-order chi connectivity index (χ0) is 18.8. The molecular formula is C21H21FN4O. The largest absolute Gasteiger partial charge is 0.338 e. The summed E-state index contributed by atoms with van der Waals surface area (Å²) in [4.78, 5) is 19.4. The average Bonchev–Trinajstić information content (AvgIpc) is 3.14. The number of pyridine rings is 1. The molecule has 1 aliphatic heterocycles. The Balaban J connectivity index is 1.57. The standard InChI is InChI=1S/C21H21FN4O/c1-14-17(12-23-25-14)21(27)26-11-5-6-15(13-26)19-9-4-10-20(24-19)16-7-2-3-8-18(16)22/h2-4,7-10,12,15H,5-6,11,13H2,1H3,(H,23,25). The van der Waals surface area contributed by atoms with Crippen LogP contribution in [0.15, 0.2) is 48.7 Å². The molecule has 4 rings (SSSR count). The van der Waals surface area contributed by atoms with E-state index in [4.69, 9.17) is 4.98 Å². The van der Waals surface area contributed by atoms with Crippen LogP contribution in [0.3, 0.4) is 0 Å². The fourth-order valence-corrected chi connectivity index (χ4v) is 3.64. The SMILES string of the molecule is Cc1[nH]ncc1C(=O)N1CCCC(c2cccc(-c3ccccc3F)n2)C1. The van der Waals surface area contributed by atoms with Crippen LogP contribution in [0.4, 0.5) is 4.39 Å². The number of carbonyl (C=O) groups excluding carboxylic acids is 1. The van der Waals surface area contributed by atoms with Crippen molar-refractivity contribution < 1.29 is 9.18 Å². The van der Waals surface area contributed by atoms with Gasteiger partial charge in [-0.2, -0.15) is 5.10 Å². The number of carbonyl (C=O) groups is 1. The number of benzene rings is 1. The van der Waals surface area contributed by atoms with Gasteiger partial charge < -0.3 is 4.90 Å². The third kappa shape index (κ3) is 3.47. The number of amides is 1. The Kier molecular flexibility index (Phi) is 4.71. The van der Waals surface area contributed by atoms with Gasteiger partial charge in [0.25, 0.3) is 5.91 Å². The van der Waals surface area contributed by atoms with Gasteiger partial charge in [-0.15, -0.1) is 0 Å². The highest BCUT2D eigenvalue weighted by molar-refractivity contribution is 5.95. The molecule has 1 fully saturated rings. The van der Waals surface area contributed by atoms with Crippen LogP contribution in [-0.4, -0.2) is 39.1 Å². The van der Waals surface area contributed by atoms with E-state index in [2.05, 4.69) is 10.2 Å². The Morgan fingerprint density at radius 2 is 2.07 bits per heavy atom. The smallest absolute Gasteiger partial charge is 0.257 e. The van der Waals surface area contributed by atoms with Crippen molar-refractivity contribution in [3.63, 3.8) is 0 Å². The summed E-state index contributed by atoms with van der Waals surface area (Å²) in [5.41, 5.74) is 3.42. The Morgan fingerprint density at radius 3 is 2.85 bits per heavy atom. The van der Waals surface area contributed by atoms with Crippen molar-refractivity contribution in [2.24, 2.45) is 0 Å². The highest BCUT2D eigenvalue weighted by Gasteiger charge is 2.27. The molecule has 0 aliphatic carbocycles. The van der Waals surface area contributed by atoms with Crippen LogP contribution in [0.2, 0.25) is 0 Å². The number of hydrogen-bond acceptors (Lipinski definition) is 3. The quantitative estimate of drug-likeness (QED) is 0.766. The van der Waals surface area contributed by atoms with E-state index in [9.17, 15) is 9.18 Å². The van der Waals surface area contributed by atoms with Crippen molar-refractivity contribution in [1.29, 1.82) is 0 Å². The summed E-state index contributed by atoms with van der Waals surface area (Å²) in [6.45, 7) is 3.19. The molecule has 0 bridgehead atoms. The lowest BCUT2D eigenvalue weighted by Crippen LogP contribution is -2.39. The van der Waals surface area contributed by atoms with E-state index >= 15 is 0 Å². The molecular weight excluding hydrogens is 343 g/mol. The molecule has 0 saturated carbocycles. The number of piperidine rings is 1. The minimum Gasteiger partial charge on any atom is -0.338 e. The second kappa shape index (κ2) is 7.31. The van der Waals surface area contributed by atoms with E-state index in [0.717, 1.165) is 30.8 Å². The second-order valence-corrected chi connectivity index (χ2v) is 6.93. The lowest BCUT2D eigenvalue weighted by atomic mass is 9.93. The zero-order valence-corrected chi connectivity index (χ0v) is 15.2. The summed E-state index contributed by atoms with van der Waals surface area (Å²) in [5.74, 6) is -0.143. The number of nitrogens with zero attached hydrogens (tertiary/aromatic N) is 3. The van der Waals surface area contributed by atoms with Gasteiger partial charge in [-0.25, -0.2) is 4.39 Å². The van der Waals surface area contributed by atoms with E-state index in [-0.39, 0.29) is 17.6 Å². The molecule has 138 valence electrons. The predicted octanol–water partition coefficient (Wildman–Crippen LogP) is 3.94. The highest BCUT2D eigenvalue weighted by atomic mass is 19.1. The van der Waals surface area contributed by atoms with Gasteiger partial charge in [0.15, 0.2) is 0 Å². The molecule has 3 aromatic rings. The van der Waals surface area contributed by atoms with Gasteiger partial charge in [-0.3, -0.25) is 14.9 Å². The van der Waals surface area contributed by atoms with Gasteiger partial charge in [0.1, 0.15) is 5.82 Å². The van der Waals surface area contributed by atoms with Crippen molar-refractivity contribution in [2.45, 2.75) is 25.7 Å². The van der Waals surface area contributed by atoms with Gasteiger partial charge >= 0.3 is 0 Å². The molecule has 2 aromatic heterocycles. The second-order valence-electron chi connectivity index (χ2n) is 6.93. The summed E-state index contributed by atoms with van der Waals surface area (Å²) in [5, 5.41) is 6.76. The fraction of sp³-hybridized carbons (Fsp3) is 0.286. The van der Waals surface area contributed by atoms with Gasteiger partial charge in [0.05, 0.1) is 17.5 Å². The minimum atomic E-state index is -0.280. The maximum absolute atomic E-state index is 14.1. The van der Waals surface area contributed by atoms with Crippen molar-refractivity contribution >= 4 is 5.91 Å². The maximum atomic E-state index is 14.1. The molecule has 6 heteroatoms. The predicted molar refractivity (Wildman–Crippen MR) is 101 cm³/mol. The van der Waals surface area contributed by atoms with E-state index in [1.54, 1.807) is 24.4 Å². The molecule has 27 heavy (non-hydrogen) atoms. The van der Waals surface area contributed by atoms with Crippen molar-refractivity contribution in [1.82, 2.24) is 20.1 Å². The topological polar surface area (TPSA) is 61.9 Å². The monoisotopic (exact) mass is 364 g/mol. The highest BCUT2D eigenvalue weighted by Crippen LogP contribution is 2.29. The molecule has 0 radical (unpaired) electrons. The molecule has 5 nitrogen and oxygen atoms in total. The average molecular weight is 364 g/mol. The molecule has 1 unspecified atom stereocenters. The molecule has 1 aromatic carbocycles. The molecule has 0 spiro atoms. The number of likely N-dealkylation sites (tertiary alicyclic amines) is 1. The summed E-state index contributed by atoms with van der Waals surface area (Å²) >= 11 is 0. The number of hydrogen-bond donors (Lipinski definition) is 1. The molecule has 1 amide bonds. The Labute approximate surface area is 157 Å². The molecule has 1 saturated heterocycles. The number of rotatable bonds is 3. The van der Waals surface area contributed by atoms with Crippen molar-refractivity contribution in [3.05, 3.63) is 71.4 Å².